The molecule has 0 radical (unpaired) electrons. The highest BCUT2D eigenvalue weighted by Gasteiger charge is 2.13. The lowest BCUT2D eigenvalue weighted by Crippen LogP contribution is -2.36. The van der Waals surface area contributed by atoms with Crippen molar-refractivity contribution in [1.29, 1.82) is 0 Å². The van der Waals surface area contributed by atoms with Crippen molar-refractivity contribution >= 4 is 17.6 Å². The Morgan fingerprint density at radius 2 is 1.79 bits per heavy atom. The predicted molar refractivity (Wildman–Crippen MR) is 133 cm³/mol. The van der Waals surface area contributed by atoms with Gasteiger partial charge in [-0.1, -0.05) is 18.2 Å². The fraction of sp³-hybridized carbons (Fsp3) is 0.346. The molecule has 1 heterocycles. The molecule has 0 bridgehead atoms. The molecule has 7 nitrogen and oxygen atoms in total. The van der Waals surface area contributed by atoms with Crippen molar-refractivity contribution in [2.75, 3.05) is 18.5 Å². The molecule has 174 valence electrons. The fourth-order valence-corrected chi connectivity index (χ4v) is 3.73. The number of nitrogens with zero attached hydrogens (tertiary/aromatic N) is 3. The van der Waals surface area contributed by atoms with Crippen molar-refractivity contribution in [1.82, 2.24) is 15.1 Å². The van der Waals surface area contributed by atoms with E-state index in [2.05, 4.69) is 29.6 Å². The molecule has 0 atom stereocenters. The van der Waals surface area contributed by atoms with Gasteiger partial charge in [0.05, 0.1) is 12.3 Å². The molecule has 7 heteroatoms. The number of amides is 1. The zero-order chi connectivity index (χ0) is 23.8. The third-order valence-corrected chi connectivity index (χ3v) is 5.51. The number of ether oxygens (including phenoxy) is 1. The second kappa shape index (κ2) is 11.3. The van der Waals surface area contributed by atoms with E-state index in [1.807, 2.05) is 74.0 Å². The van der Waals surface area contributed by atoms with Crippen LogP contribution in [0.2, 0.25) is 0 Å². The summed E-state index contributed by atoms with van der Waals surface area (Å²) < 4.78 is 7.52. The number of carbonyl (C=O) groups is 1. The van der Waals surface area contributed by atoms with Crippen LogP contribution in [0.1, 0.15) is 46.7 Å². The molecule has 2 aromatic carbocycles. The van der Waals surface area contributed by atoms with E-state index in [9.17, 15) is 4.79 Å². The number of hydrogen-bond acceptors (Lipinski definition) is 4. The first-order chi connectivity index (χ1) is 15.9. The Morgan fingerprint density at radius 1 is 1.06 bits per heavy atom. The standard InChI is InChI=1S/C26H33N5O2/c1-6-31-20(5)24(19(4)30-31)16-17-27-26(28-21-12-14-22(15-13-21)33-7-2)29-25(32)23-11-9-8-10-18(23)3/h8-15H,6-7,16-17H2,1-5H3,(H2,27,28,29,32). The maximum absolute atomic E-state index is 12.9. The van der Waals surface area contributed by atoms with Gasteiger partial charge in [0.2, 0.25) is 5.96 Å². The van der Waals surface area contributed by atoms with Crippen molar-refractivity contribution in [3.63, 3.8) is 0 Å². The van der Waals surface area contributed by atoms with E-state index >= 15 is 0 Å². The van der Waals surface area contributed by atoms with Crippen LogP contribution in [0.3, 0.4) is 0 Å². The second-order valence-electron chi connectivity index (χ2n) is 7.80. The Bertz CT molecular complexity index is 1120. The van der Waals surface area contributed by atoms with Crippen molar-refractivity contribution in [3.05, 3.63) is 76.6 Å². The number of rotatable bonds is 8. The van der Waals surface area contributed by atoms with Crippen molar-refractivity contribution in [2.24, 2.45) is 4.99 Å². The van der Waals surface area contributed by atoms with Crippen LogP contribution in [-0.2, 0) is 13.0 Å². The number of anilines is 1. The average Bonchev–Trinajstić information content (AvgIpc) is 3.08. The molecule has 0 spiro atoms. The molecule has 1 aromatic heterocycles. The Hall–Kier alpha value is -3.61. The topological polar surface area (TPSA) is 80.5 Å². The van der Waals surface area contributed by atoms with Crippen LogP contribution in [0.15, 0.2) is 53.5 Å². The van der Waals surface area contributed by atoms with E-state index in [-0.39, 0.29) is 5.91 Å². The summed E-state index contributed by atoms with van der Waals surface area (Å²) in [5.74, 6) is 1.01. The number of guanidine groups is 1. The normalized spacial score (nSPS) is 11.4. The largest absolute Gasteiger partial charge is 0.494 e. The van der Waals surface area contributed by atoms with Gasteiger partial charge in [0, 0.05) is 30.0 Å². The number of aliphatic imine (C=N–C) groups is 1. The molecule has 0 aliphatic carbocycles. The van der Waals surface area contributed by atoms with Gasteiger partial charge in [-0.05, 0) is 82.5 Å². The Morgan fingerprint density at radius 3 is 2.42 bits per heavy atom. The number of carbonyl (C=O) groups excluding carboxylic acids is 1. The summed E-state index contributed by atoms with van der Waals surface area (Å²) >= 11 is 0. The van der Waals surface area contributed by atoms with Gasteiger partial charge in [0.25, 0.3) is 5.91 Å². The van der Waals surface area contributed by atoms with E-state index < -0.39 is 0 Å². The number of aryl methyl sites for hydroxylation is 3. The zero-order valence-electron chi connectivity index (χ0n) is 20.1. The quantitative estimate of drug-likeness (QED) is 0.389. The van der Waals surface area contributed by atoms with Crippen LogP contribution in [0.25, 0.3) is 0 Å². The fourth-order valence-electron chi connectivity index (χ4n) is 3.73. The molecule has 33 heavy (non-hydrogen) atoms. The summed E-state index contributed by atoms with van der Waals surface area (Å²) in [4.78, 5) is 17.6. The van der Waals surface area contributed by atoms with Crippen molar-refractivity contribution < 1.29 is 9.53 Å². The molecule has 2 N–H and O–H groups in total. The van der Waals surface area contributed by atoms with Crippen LogP contribution in [0.4, 0.5) is 5.69 Å². The number of nitrogens with one attached hydrogen (secondary N) is 2. The third kappa shape index (κ3) is 6.22. The van der Waals surface area contributed by atoms with E-state index in [0.29, 0.717) is 24.7 Å². The molecule has 0 unspecified atom stereocenters. The summed E-state index contributed by atoms with van der Waals surface area (Å²) in [5, 5.41) is 10.8. The molecule has 0 saturated heterocycles. The van der Waals surface area contributed by atoms with E-state index in [1.165, 1.54) is 5.56 Å². The molecule has 3 rings (SSSR count). The Kier molecular flexibility index (Phi) is 8.24. The van der Waals surface area contributed by atoms with Gasteiger partial charge in [-0.15, -0.1) is 0 Å². The van der Waals surface area contributed by atoms with Gasteiger partial charge in [0.15, 0.2) is 0 Å². The van der Waals surface area contributed by atoms with Crippen molar-refractivity contribution in [3.8, 4) is 5.75 Å². The Balaban J connectivity index is 1.79. The third-order valence-electron chi connectivity index (χ3n) is 5.51. The lowest BCUT2D eigenvalue weighted by Gasteiger charge is -2.13. The smallest absolute Gasteiger partial charge is 0.258 e. The number of aromatic nitrogens is 2. The van der Waals surface area contributed by atoms with Crippen LogP contribution in [-0.4, -0.2) is 34.8 Å². The highest BCUT2D eigenvalue weighted by Crippen LogP contribution is 2.16. The molecular formula is C26H33N5O2. The maximum atomic E-state index is 12.9. The summed E-state index contributed by atoms with van der Waals surface area (Å²) in [6.45, 7) is 12.0. The Labute approximate surface area is 195 Å². The van der Waals surface area contributed by atoms with Crippen LogP contribution < -0.4 is 15.4 Å². The molecular weight excluding hydrogens is 414 g/mol. The SMILES string of the molecule is CCOc1ccc(NC(=NCCc2c(C)nn(CC)c2C)NC(=O)c2ccccc2C)cc1. The van der Waals surface area contributed by atoms with Gasteiger partial charge in [-0.25, -0.2) is 0 Å². The molecule has 0 saturated carbocycles. The van der Waals surface area contributed by atoms with Crippen LogP contribution in [0.5, 0.6) is 5.75 Å². The number of benzene rings is 2. The molecule has 1 amide bonds. The zero-order valence-corrected chi connectivity index (χ0v) is 20.1. The number of hydrogen-bond donors (Lipinski definition) is 2. The first-order valence-corrected chi connectivity index (χ1v) is 11.4. The van der Waals surface area contributed by atoms with Crippen molar-refractivity contribution in [2.45, 2.75) is 47.6 Å². The lowest BCUT2D eigenvalue weighted by atomic mass is 10.1. The average molecular weight is 448 g/mol. The predicted octanol–water partition coefficient (Wildman–Crippen LogP) is 4.67. The summed E-state index contributed by atoms with van der Waals surface area (Å²) in [7, 11) is 0. The van der Waals surface area contributed by atoms with Gasteiger partial charge in [-0.3, -0.25) is 19.8 Å². The van der Waals surface area contributed by atoms with Crippen LogP contribution in [0, 0.1) is 20.8 Å². The first kappa shape index (κ1) is 24.0. The van der Waals surface area contributed by atoms with Gasteiger partial charge in [-0.2, -0.15) is 5.10 Å². The second-order valence-corrected chi connectivity index (χ2v) is 7.80. The minimum atomic E-state index is -0.198. The molecule has 0 aliphatic heterocycles. The minimum Gasteiger partial charge on any atom is -0.494 e. The van der Waals surface area contributed by atoms with Crippen LogP contribution >= 0.6 is 0 Å². The van der Waals surface area contributed by atoms with E-state index in [1.54, 1.807) is 0 Å². The highest BCUT2D eigenvalue weighted by atomic mass is 16.5. The first-order valence-electron chi connectivity index (χ1n) is 11.4. The summed E-state index contributed by atoms with van der Waals surface area (Å²) in [5.41, 5.74) is 5.73. The van der Waals surface area contributed by atoms with Gasteiger partial charge < -0.3 is 10.1 Å². The molecule has 0 aliphatic rings. The maximum Gasteiger partial charge on any atom is 0.258 e. The van der Waals surface area contributed by atoms with Gasteiger partial charge in [0.1, 0.15) is 5.75 Å². The lowest BCUT2D eigenvalue weighted by molar-refractivity contribution is 0.0976. The minimum absolute atomic E-state index is 0.198. The van der Waals surface area contributed by atoms with Gasteiger partial charge >= 0.3 is 0 Å². The summed E-state index contributed by atoms with van der Waals surface area (Å²) in [6.07, 6.45) is 0.742. The van der Waals surface area contributed by atoms with E-state index in [4.69, 9.17) is 9.73 Å². The molecule has 3 aromatic rings. The summed E-state index contributed by atoms with van der Waals surface area (Å²) in [6, 6.07) is 15.1. The van der Waals surface area contributed by atoms with E-state index in [0.717, 1.165) is 41.4 Å². The highest BCUT2D eigenvalue weighted by molar-refractivity contribution is 6.10. The monoisotopic (exact) mass is 447 g/mol. The molecule has 0 fully saturated rings.